The summed E-state index contributed by atoms with van der Waals surface area (Å²) in [5.41, 5.74) is -0.903. The minimum Gasteiger partial charge on any atom is -0.317 e. The first-order valence-corrected chi connectivity index (χ1v) is 8.90. The minimum absolute atomic E-state index is 0. The number of hydrogen-bond donors (Lipinski definition) is 2. The maximum absolute atomic E-state index is 12.7. The van der Waals surface area contributed by atoms with Crippen LogP contribution in [0.5, 0.6) is 0 Å². The summed E-state index contributed by atoms with van der Waals surface area (Å²) in [5.74, 6) is 0. The summed E-state index contributed by atoms with van der Waals surface area (Å²) in [5, 5.41) is 3.21. The minimum atomic E-state index is -4.48. The Hall–Kier alpha value is -0.830. The van der Waals surface area contributed by atoms with Crippen molar-refractivity contribution in [3.8, 4) is 0 Å². The van der Waals surface area contributed by atoms with E-state index in [1.807, 2.05) is 6.92 Å². The molecule has 1 aromatic rings. The maximum Gasteiger partial charge on any atom is 0.416 e. The van der Waals surface area contributed by atoms with Crippen LogP contribution in [-0.4, -0.2) is 28.1 Å². The van der Waals surface area contributed by atoms with E-state index < -0.39 is 21.8 Å². The van der Waals surface area contributed by atoms with Gasteiger partial charge < -0.3 is 5.32 Å². The standard InChI is InChI=1S/C15H21F3N2O2S.ClH/c1-11-9-12(15(16,17)18)3-4-13(11)23(21,22)20-10-14(2)5-7-19-8-6-14;/h3-4,9,19-20H,5-8,10H2,1-2H3;1H. The Bertz CT molecular complexity index is 672. The van der Waals surface area contributed by atoms with Gasteiger partial charge in [-0.05, 0) is 62.0 Å². The van der Waals surface area contributed by atoms with Crippen molar-refractivity contribution in [2.45, 2.75) is 37.8 Å². The molecule has 0 spiro atoms. The van der Waals surface area contributed by atoms with Crippen LogP contribution >= 0.6 is 12.4 Å². The Morgan fingerprint density at radius 1 is 1.25 bits per heavy atom. The van der Waals surface area contributed by atoms with Crippen molar-refractivity contribution in [1.82, 2.24) is 10.0 Å². The van der Waals surface area contributed by atoms with E-state index in [0.717, 1.165) is 44.1 Å². The van der Waals surface area contributed by atoms with Crippen molar-refractivity contribution in [1.29, 1.82) is 0 Å². The van der Waals surface area contributed by atoms with E-state index in [1.165, 1.54) is 6.92 Å². The molecule has 1 aliphatic heterocycles. The molecular weight excluding hydrogens is 365 g/mol. The maximum atomic E-state index is 12.7. The van der Waals surface area contributed by atoms with Crippen LogP contribution in [0.25, 0.3) is 0 Å². The first kappa shape index (κ1) is 21.2. The zero-order valence-electron chi connectivity index (χ0n) is 13.5. The molecule has 1 saturated heterocycles. The first-order valence-electron chi connectivity index (χ1n) is 7.42. The van der Waals surface area contributed by atoms with Crippen molar-refractivity contribution >= 4 is 22.4 Å². The molecule has 0 unspecified atom stereocenters. The number of aryl methyl sites for hydroxylation is 1. The topological polar surface area (TPSA) is 58.2 Å². The number of hydrogen-bond acceptors (Lipinski definition) is 3. The summed E-state index contributed by atoms with van der Waals surface area (Å²) >= 11 is 0. The van der Waals surface area contributed by atoms with Gasteiger partial charge in [0.2, 0.25) is 10.0 Å². The van der Waals surface area contributed by atoms with Crippen LogP contribution in [0.2, 0.25) is 0 Å². The zero-order chi connectivity index (χ0) is 17.3. The van der Waals surface area contributed by atoms with Crippen LogP contribution in [0.15, 0.2) is 23.1 Å². The molecule has 0 radical (unpaired) electrons. The van der Waals surface area contributed by atoms with Crippen LogP contribution in [0.4, 0.5) is 13.2 Å². The Balaban J connectivity index is 0.00000288. The van der Waals surface area contributed by atoms with Crippen molar-refractivity contribution < 1.29 is 21.6 Å². The molecule has 0 aromatic heterocycles. The average Bonchev–Trinajstić information content (AvgIpc) is 2.45. The van der Waals surface area contributed by atoms with Gasteiger partial charge in [0, 0.05) is 6.54 Å². The fraction of sp³-hybridized carbons (Fsp3) is 0.600. The van der Waals surface area contributed by atoms with Gasteiger partial charge >= 0.3 is 6.18 Å². The van der Waals surface area contributed by atoms with Crippen LogP contribution in [-0.2, 0) is 16.2 Å². The van der Waals surface area contributed by atoms with Gasteiger partial charge in [-0.15, -0.1) is 12.4 Å². The second-order valence-electron chi connectivity index (χ2n) is 6.36. The van der Waals surface area contributed by atoms with E-state index >= 15 is 0 Å². The van der Waals surface area contributed by atoms with Gasteiger partial charge in [-0.1, -0.05) is 6.92 Å². The van der Waals surface area contributed by atoms with Crippen molar-refractivity contribution in [3.63, 3.8) is 0 Å². The quantitative estimate of drug-likeness (QED) is 0.836. The van der Waals surface area contributed by atoms with E-state index in [4.69, 9.17) is 0 Å². The van der Waals surface area contributed by atoms with Crippen molar-refractivity contribution in [2.75, 3.05) is 19.6 Å². The molecule has 2 N–H and O–H groups in total. The summed E-state index contributed by atoms with van der Waals surface area (Å²) < 4.78 is 65.3. The third-order valence-corrected chi connectivity index (χ3v) is 5.85. The predicted molar refractivity (Wildman–Crippen MR) is 88.8 cm³/mol. The Labute approximate surface area is 146 Å². The van der Waals surface area contributed by atoms with Gasteiger partial charge in [0.05, 0.1) is 10.5 Å². The van der Waals surface area contributed by atoms with E-state index in [1.54, 1.807) is 0 Å². The van der Waals surface area contributed by atoms with Gasteiger partial charge in [-0.3, -0.25) is 0 Å². The number of piperidine rings is 1. The zero-order valence-corrected chi connectivity index (χ0v) is 15.2. The van der Waals surface area contributed by atoms with E-state index in [9.17, 15) is 21.6 Å². The van der Waals surface area contributed by atoms with Gasteiger partial charge in [0.1, 0.15) is 0 Å². The highest BCUT2D eigenvalue weighted by Gasteiger charge is 2.32. The third kappa shape index (κ3) is 5.08. The normalized spacial score (nSPS) is 18.0. The molecule has 0 aliphatic carbocycles. The number of benzene rings is 1. The molecule has 1 fully saturated rings. The Morgan fingerprint density at radius 3 is 2.33 bits per heavy atom. The Kier molecular flexibility index (Phi) is 6.71. The molecule has 1 heterocycles. The second kappa shape index (κ2) is 7.59. The molecule has 0 atom stereocenters. The summed E-state index contributed by atoms with van der Waals surface area (Å²) in [6.45, 7) is 5.32. The summed E-state index contributed by atoms with van der Waals surface area (Å²) in [6, 6.07) is 2.68. The molecule has 4 nitrogen and oxygen atoms in total. The molecule has 9 heteroatoms. The van der Waals surface area contributed by atoms with Gasteiger partial charge in [-0.2, -0.15) is 13.2 Å². The fourth-order valence-corrected chi connectivity index (χ4v) is 4.11. The summed E-state index contributed by atoms with van der Waals surface area (Å²) in [4.78, 5) is -0.108. The first-order chi connectivity index (χ1) is 10.5. The summed E-state index contributed by atoms with van der Waals surface area (Å²) in [7, 11) is -3.83. The molecular formula is C15H22ClF3N2O2S. The van der Waals surface area contributed by atoms with Crippen LogP contribution in [0.1, 0.15) is 30.9 Å². The van der Waals surface area contributed by atoms with Crippen LogP contribution < -0.4 is 10.0 Å². The smallest absolute Gasteiger partial charge is 0.317 e. The lowest BCUT2D eigenvalue weighted by Crippen LogP contribution is -2.42. The van der Waals surface area contributed by atoms with Crippen LogP contribution in [0, 0.1) is 12.3 Å². The molecule has 24 heavy (non-hydrogen) atoms. The third-order valence-electron chi connectivity index (χ3n) is 4.29. The highest BCUT2D eigenvalue weighted by Crippen LogP contribution is 2.32. The Morgan fingerprint density at radius 2 is 1.83 bits per heavy atom. The molecule has 0 saturated carbocycles. The number of halogens is 4. The molecule has 138 valence electrons. The van der Waals surface area contributed by atoms with Crippen LogP contribution in [0.3, 0.4) is 0 Å². The number of rotatable bonds is 4. The van der Waals surface area contributed by atoms with Gasteiger partial charge in [-0.25, -0.2) is 13.1 Å². The molecule has 0 bridgehead atoms. The number of alkyl halides is 3. The highest BCUT2D eigenvalue weighted by atomic mass is 35.5. The lowest BCUT2D eigenvalue weighted by Gasteiger charge is -2.34. The second-order valence-corrected chi connectivity index (χ2v) is 8.10. The van der Waals surface area contributed by atoms with E-state index in [-0.39, 0.29) is 34.8 Å². The molecule has 1 aliphatic rings. The monoisotopic (exact) mass is 386 g/mol. The predicted octanol–water partition coefficient (Wildman–Crippen LogP) is 3.10. The highest BCUT2D eigenvalue weighted by molar-refractivity contribution is 7.89. The average molecular weight is 387 g/mol. The molecule has 2 rings (SSSR count). The van der Waals surface area contributed by atoms with E-state index in [2.05, 4.69) is 10.0 Å². The SMILES string of the molecule is Cc1cc(C(F)(F)F)ccc1S(=O)(=O)NCC1(C)CCNCC1.Cl. The molecule has 0 amide bonds. The van der Waals surface area contributed by atoms with Gasteiger partial charge in [0.15, 0.2) is 0 Å². The van der Waals surface area contributed by atoms with Gasteiger partial charge in [0.25, 0.3) is 0 Å². The van der Waals surface area contributed by atoms with Crippen molar-refractivity contribution in [3.05, 3.63) is 29.3 Å². The van der Waals surface area contributed by atoms with E-state index in [0.29, 0.717) is 0 Å². The number of sulfonamides is 1. The lowest BCUT2D eigenvalue weighted by molar-refractivity contribution is -0.137. The van der Waals surface area contributed by atoms with Crippen molar-refractivity contribution in [2.24, 2.45) is 5.41 Å². The fourth-order valence-electron chi connectivity index (χ4n) is 2.68. The lowest BCUT2D eigenvalue weighted by atomic mass is 9.81. The number of nitrogens with one attached hydrogen (secondary N) is 2. The summed E-state index contributed by atoms with van der Waals surface area (Å²) in [6.07, 6.45) is -2.79. The largest absolute Gasteiger partial charge is 0.416 e. The molecule has 1 aromatic carbocycles.